The summed E-state index contributed by atoms with van der Waals surface area (Å²) in [5.41, 5.74) is 8.54. The molecule has 1 heterocycles. The van der Waals surface area contributed by atoms with Crippen molar-refractivity contribution in [3.05, 3.63) is 17.7 Å². The fraction of sp³-hybridized carbons (Fsp3) is 0.562. The summed E-state index contributed by atoms with van der Waals surface area (Å²) in [4.78, 5) is 11.4. The number of hydrogen-bond acceptors (Lipinski definition) is 4. The molecule has 5 heteroatoms. The number of rotatable bonds is 3. The van der Waals surface area contributed by atoms with Gasteiger partial charge in [-0.1, -0.05) is 19.8 Å². The first kappa shape index (κ1) is 14.2. The Kier molecular flexibility index (Phi) is 3.53. The van der Waals surface area contributed by atoms with Gasteiger partial charge in [0.05, 0.1) is 23.4 Å². The lowest BCUT2D eigenvalue weighted by molar-refractivity contribution is -0.115. The number of hydrogen-bond donors (Lipinski definition) is 4. The van der Waals surface area contributed by atoms with E-state index in [-0.39, 0.29) is 5.91 Å². The van der Waals surface area contributed by atoms with Crippen LogP contribution >= 0.6 is 0 Å². The van der Waals surface area contributed by atoms with Crippen LogP contribution in [0.3, 0.4) is 0 Å². The number of amides is 1. The largest absolute Gasteiger partial charge is 0.397 e. The Morgan fingerprint density at radius 3 is 3.10 bits per heavy atom. The minimum atomic E-state index is -0.660. The number of nitrogen functional groups attached to an aromatic ring is 1. The van der Waals surface area contributed by atoms with Crippen molar-refractivity contribution < 1.29 is 9.90 Å². The highest BCUT2D eigenvalue weighted by atomic mass is 16.3. The molecule has 114 valence electrons. The lowest BCUT2D eigenvalue weighted by Crippen LogP contribution is -2.41. The van der Waals surface area contributed by atoms with Gasteiger partial charge in [0.15, 0.2) is 0 Å². The molecule has 5 nitrogen and oxygen atoms in total. The summed E-state index contributed by atoms with van der Waals surface area (Å²) < 4.78 is 0. The predicted octanol–water partition coefficient (Wildman–Crippen LogP) is 2.12. The summed E-state index contributed by atoms with van der Waals surface area (Å²) in [7, 11) is 0. The first-order chi connectivity index (χ1) is 9.95. The Morgan fingerprint density at radius 1 is 1.52 bits per heavy atom. The average Bonchev–Trinajstić information content (AvgIpc) is 2.75. The molecule has 1 aliphatic carbocycles. The van der Waals surface area contributed by atoms with Crippen molar-refractivity contribution in [1.82, 2.24) is 0 Å². The molecule has 2 atom stereocenters. The number of carbonyl (C=O) groups is 1. The molecule has 2 unspecified atom stereocenters. The zero-order valence-corrected chi connectivity index (χ0v) is 12.4. The van der Waals surface area contributed by atoms with Gasteiger partial charge in [0, 0.05) is 12.2 Å². The Morgan fingerprint density at radius 2 is 2.33 bits per heavy atom. The van der Waals surface area contributed by atoms with Crippen LogP contribution < -0.4 is 16.4 Å². The van der Waals surface area contributed by atoms with Crippen molar-refractivity contribution in [2.45, 2.75) is 44.6 Å². The zero-order chi connectivity index (χ0) is 15.0. The molecule has 3 rings (SSSR count). The highest BCUT2D eigenvalue weighted by Gasteiger charge is 2.32. The van der Waals surface area contributed by atoms with Crippen molar-refractivity contribution >= 4 is 23.0 Å². The number of anilines is 3. The van der Waals surface area contributed by atoms with E-state index in [9.17, 15) is 9.90 Å². The lowest BCUT2D eigenvalue weighted by atomic mass is 9.79. The molecule has 0 aromatic heterocycles. The summed E-state index contributed by atoms with van der Waals surface area (Å²) in [6.45, 7) is 2.68. The minimum absolute atomic E-state index is 0.00119. The van der Waals surface area contributed by atoms with Gasteiger partial charge in [-0.2, -0.15) is 0 Å². The molecule has 0 spiro atoms. The van der Waals surface area contributed by atoms with Gasteiger partial charge in [0.2, 0.25) is 5.91 Å². The van der Waals surface area contributed by atoms with Crippen LogP contribution in [-0.4, -0.2) is 23.2 Å². The quantitative estimate of drug-likeness (QED) is 0.642. The summed E-state index contributed by atoms with van der Waals surface area (Å²) in [5, 5.41) is 16.7. The zero-order valence-electron chi connectivity index (χ0n) is 12.4. The summed E-state index contributed by atoms with van der Waals surface area (Å²) in [5.74, 6) is 0.559. The second-order valence-corrected chi connectivity index (χ2v) is 6.60. The smallest absolute Gasteiger partial charge is 0.228 e. The highest BCUT2D eigenvalue weighted by Crippen LogP contribution is 2.35. The number of fused-ring (bicyclic) bond motifs is 1. The van der Waals surface area contributed by atoms with E-state index in [0.29, 0.717) is 24.6 Å². The molecule has 2 aliphatic rings. The van der Waals surface area contributed by atoms with E-state index in [2.05, 4.69) is 17.6 Å². The molecule has 0 saturated heterocycles. The van der Waals surface area contributed by atoms with Gasteiger partial charge in [-0.25, -0.2) is 0 Å². The van der Waals surface area contributed by atoms with Crippen LogP contribution in [-0.2, 0) is 11.2 Å². The van der Waals surface area contributed by atoms with Gasteiger partial charge in [0.1, 0.15) is 0 Å². The predicted molar refractivity (Wildman–Crippen MR) is 84.3 cm³/mol. The maximum absolute atomic E-state index is 11.4. The van der Waals surface area contributed by atoms with Crippen LogP contribution in [0.4, 0.5) is 17.1 Å². The van der Waals surface area contributed by atoms with Crippen LogP contribution in [0, 0.1) is 5.92 Å². The Hall–Kier alpha value is -1.75. The van der Waals surface area contributed by atoms with Gasteiger partial charge in [-0.15, -0.1) is 0 Å². The van der Waals surface area contributed by atoms with E-state index >= 15 is 0 Å². The van der Waals surface area contributed by atoms with E-state index in [0.717, 1.165) is 36.2 Å². The molecule has 1 saturated carbocycles. The first-order valence-corrected chi connectivity index (χ1v) is 7.64. The molecule has 1 aromatic carbocycles. The molecule has 1 amide bonds. The second-order valence-electron chi connectivity index (χ2n) is 6.60. The third-order valence-corrected chi connectivity index (χ3v) is 4.58. The van der Waals surface area contributed by atoms with Crippen LogP contribution in [0.15, 0.2) is 12.1 Å². The van der Waals surface area contributed by atoms with Crippen molar-refractivity contribution in [3.63, 3.8) is 0 Å². The number of nitrogens with one attached hydrogen (secondary N) is 2. The molecule has 5 N–H and O–H groups in total. The molecule has 21 heavy (non-hydrogen) atoms. The molecule has 1 aliphatic heterocycles. The van der Waals surface area contributed by atoms with Crippen molar-refractivity contribution in [2.75, 3.05) is 22.9 Å². The highest BCUT2D eigenvalue weighted by molar-refractivity contribution is 6.00. The number of carbonyl (C=O) groups excluding carboxylic acids is 1. The van der Waals surface area contributed by atoms with Gasteiger partial charge in [-0.3, -0.25) is 4.79 Å². The third kappa shape index (κ3) is 2.97. The number of aliphatic hydroxyl groups is 1. The van der Waals surface area contributed by atoms with Crippen LogP contribution in [0.25, 0.3) is 0 Å². The van der Waals surface area contributed by atoms with Crippen molar-refractivity contribution in [1.29, 1.82) is 0 Å². The normalized spacial score (nSPS) is 28.1. The Bertz CT molecular complexity index is 573. The monoisotopic (exact) mass is 289 g/mol. The van der Waals surface area contributed by atoms with Crippen LogP contribution in [0.1, 0.15) is 38.2 Å². The third-order valence-electron chi connectivity index (χ3n) is 4.58. The fourth-order valence-electron chi connectivity index (χ4n) is 3.50. The molecule has 1 fully saturated rings. The fourth-order valence-corrected chi connectivity index (χ4v) is 3.50. The van der Waals surface area contributed by atoms with Gasteiger partial charge in [-0.05, 0) is 36.5 Å². The Labute approximate surface area is 124 Å². The van der Waals surface area contributed by atoms with E-state index < -0.39 is 5.60 Å². The summed E-state index contributed by atoms with van der Waals surface area (Å²) >= 11 is 0. The topological polar surface area (TPSA) is 87.4 Å². The first-order valence-electron chi connectivity index (χ1n) is 7.64. The van der Waals surface area contributed by atoms with Crippen molar-refractivity contribution in [2.24, 2.45) is 5.92 Å². The molecular weight excluding hydrogens is 266 g/mol. The van der Waals surface area contributed by atoms with Gasteiger partial charge in [0.25, 0.3) is 0 Å². The van der Waals surface area contributed by atoms with E-state index in [1.807, 2.05) is 12.1 Å². The lowest BCUT2D eigenvalue weighted by Gasteiger charge is -2.36. The Balaban J connectivity index is 1.71. The van der Waals surface area contributed by atoms with E-state index in [4.69, 9.17) is 5.73 Å². The molecule has 0 bridgehead atoms. The number of nitrogens with two attached hydrogens (primary N) is 1. The van der Waals surface area contributed by atoms with Crippen molar-refractivity contribution in [3.8, 4) is 0 Å². The van der Waals surface area contributed by atoms with Crippen LogP contribution in [0.5, 0.6) is 0 Å². The number of benzene rings is 1. The maximum atomic E-state index is 11.4. The minimum Gasteiger partial charge on any atom is -0.397 e. The SMILES string of the molecule is CC1CCCC(O)(CNc2cc3c(cc2N)CC(=O)N3)C1. The van der Waals surface area contributed by atoms with E-state index in [1.54, 1.807) is 0 Å². The van der Waals surface area contributed by atoms with E-state index in [1.165, 1.54) is 6.42 Å². The van der Waals surface area contributed by atoms with Gasteiger partial charge >= 0.3 is 0 Å². The molecular formula is C16H23N3O2. The molecule has 1 aromatic rings. The molecule has 0 radical (unpaired) electrons. The summed E-state index contributed by atoms with van der Waals surface area (Å²) in [6.07, 6.45) is 4.29. The second kappa shape index (κ2) is 5.22. The average molecular weight is 289 g/mol. The van der Waals surface area contributed by atoms with Gasteiger partial charge < -0.3 is 21.5 Å². The van der Waals surface area contributed by atoms with Crippen LogP contribution in [0.2, 0.25) is 0 Å². The summed E-state index contributed by atoms with van der Waals surface area (Å²) in [6, 6.07) is 3.70. The standard InChI is InChI=1S/C16H23N3O2/c1-10-3-2-4-16(21,8-10)9-18-14-7-13-11(5-12(14)17)6-15(20)19-13/h5,7,10,18,21H,2-4,6,8-9,17H2,1H3,(H,19,20). The maximum Gasteiger partial charge on any atom is 0.228 e.